The van der Waals surface area contributed by atoms with Gasteiger partial charge in [-0.2, -0.15) is 5.10 Å². The number of nitrogens with zero attached hydrogens (tertiary/aromatic N) is 2. The molecule has 0 aliphatic carbocycles. The molecule has 2 aromatic rings. The lowest BCUT2D eigenvalue weighted by Crippen LogP contribution is -2.21. The molecule has 0 fully saturated rings. The molecule has 1 atom stereocenters. The van der Waals surface area contributed by atoms with Gasteiger partial charge in [-0.05, 0) is 23.6 Å². The number of hydrogen-bond acceptors (Lipinski definition) is 3. The zero-order chi connectivity index (χ0) is 15.4. The van der Waals surface area contributed by atoms with Crippen LogP contribution in [0.1, 0.15) is 42.7 Å². The second-order valence-corrected chi connectivity index (χ2v) is 6.00. The smallest absolute Gasteiger partial charge is 0.0914 e. The average Bonchev–Trinajstić information content (AvgIpc) is 2.81. The minimum Gasteiger partial charge on any atom is -0.387 e. The number of rotatable bonds is 6. The second-order valence-electron chi connectivity index (χ2n) is 5.57. The SMILES string of the molecule is CC(C)c1nn(C)cc1CNCC(O)c1ccc(Cl)cc1. The fraction of sp³-hybridized carbons (Fsp3) is 0.438. The maximum Gasteiger partial charge on any atom is 0.0914 e. The third kappa shape index (κ3) is 4.30. The highest BCUT2D eigenvalue weighted by Crippen LogP contribution is 2.18. The molecule has 0 aliphatic heterocycles. The van der Waals surface area contributed by atoms with E-state index in [1.807, 2.05) is 30.1 Å². The number of halogens is 1. The van der Waals surface area contributed by atoms with Crippen LogP contribution in [0.4, 0.5) is 0 Å². The van der Waals surface area contributed by atoms with Crippen molar-refractivity contribution in [3.63, 3.8) is 0 Å². The van der Waals surface area contributed by atoms with Crippen molar-refractivity contribution in [1.82, 2.24) is 15.1 Å². The summed E-state index contributed by atoms with van der Waals surface area (Å²) in [5.41, 5.74) is 3.14. The van der Waals surface area contributed by atoms with Gasteiger partial charge in [0.25, 0.3) is 0 Å². The van der Waals surface area contributed by atoms with E-state index in [2.05, 4.69) is 24.3 Å². The standard InChI is InChI=1S/C16H22ClN3O/c1-11(2)16-13(10-20(3)19-16)8-18-9-15(21)12-4-6-14(17)7-5-12/h4-7,10-11,15,18,21H,8-9H2,1-3H3. The predicted molar refractivity (Wildman–Crippen MR) is 85.4 cm³/mol. The van der Waals surface area contributed by atoms with Crippen LogP contribution in [-0.2, 0) is 13.6 Å². The van der Waals surface area contributed by atoms with Gasteiger partial charge in [0.2, 0.25) is 0 Å². The first-order valence-electron chi connectivity index (χ1n) is 7.14. The van der Waals surface area contributed by atoms with Gasteiger partial charge < -0.3 is 10.4 Å². The summed E-state index contributed by atoms with van der Waals surface area (Å²) in [5.74, 6) is 0.393. The van der Waals surface area contributed by atoms with E-state index in [0.29, 0.717) is 24.0 Å². The Labute approximate surface area is 130 Å². The van der Waals surface area contributed by atoms with E-state index in [-0.39, 0.29) is 0 Å². The molecule has 1 aromatic carbocycles. The molecular formula is C16H22ClN3O. The normalized spacial score (nSPS) is 12.9. The summed E-state index contributed by atoms with van der Waals surface area (Å²) in [5, 5.41) is 18.6. The lowest BCUT2D eigenvalue weighted by atomic mass is 10.1. The van der Waals surface area contributed by atoms with Gasteiger partial charge in [0.15, 0.2) is 0 Å². The van der Waals surface area contributed by atoms with Crippen molar-refractivity contribution in [3.05, 3.63) is 52.3 Å². The van der Waals surface area contributed by atoms with Crippen LogP contribution in [0.15, 0.2) is 30.5 Å². The molecule has 1 aromatic heterocycles. The van der Waals surface area contributed by atoms with Crippen molar-refractivity contribution < 1.29 is 5.11 Å². The Morgan fingerprint density at radius 3 is 2.57 bits per heavy atom. The molecule has 0 saturated heterocycles. The van der Waals surface area contributed by atoms with Crippen LogP contribution in [0.25, 0.3) is 0 Å². The van der Waals surface area contributed by atoms with Crippen molar-refractivity contribution >= 4 is 11.6 Å². The molecule has 2 rings (SSSR count). The molecular weight excluding hydrogens is 286 g/mol. The van der Waals surface area contributed by atoms with Crippen LogP contribution in [0.5, 0.6) is 0 Å². The van der Waals surface area contributed by atoms with Crippen LogP contribution < -0.4 is 5.32 Å². The van der Waals surface area contributed by atoms with Gasteiger partial charge in [-0.15, -0.1) is 0 Å². The number of nitrogens with one attached hydrogen (secondary N) is 1. The van der Waals surface area contributed by atoms with Crippen molar-refractivity contribution in [2.75, 3.05) is 6.54 Å². The number of benzene rings is 1. The van der Waals surface area contributed by atoms with Crippen molar-refractivity contribution in [3.8, 4) is 0 Å². The Kier molecular flexibility index (Phi) is 5.39. The van der Waals surface area contributed by atoms with Gasteiger partial charge in [0.05, 0.1) is 11.8 Å². The lowest BCUT2D eigenvalue weighted by molar-refractivity contribution is 0.174. The highest BCUT2D eigenvalue weighted by Gasteiger charge is 2.12. The minimum atomic E-state index is -0.540. The predicted octanol–water partition coefficient (Wildman–Crippen LogP) is 3.02. The number of aryl methyl sites for hydroxylation is 1. The van der Waals surface area contributed by atoms with E-state index in [4.69, 9.17) is 11.6 Å². The lowest BCUT2D eigenvalue weighted by Gasteiger charge is -2.13. The Morgan fingerprint density at radius 1 is 1.29 bits per heavy atom. The Morgan fingerprint density at radius 2 is 1.95 bits per heavy atom. The summed E-state index contributed by atoms with van der Waals surface area (Å²) < 4.78 is 1.84. The van der Waals surface area contributed by atoms with E-state index in [1.165, 1.54) is 5.56 Å². The third-order valence-corrected chi connectivity index (χ3v) is 3.64. The van der Waals surface area contributed by atoms with E-state index < -0.39 is 6.10 Å². The summed E-state index contributed by atoms with van der Waals surface area (Å²) >= 11 is 5.84. The highest BCUT2D eigenvalue weighted by atomic mass is 35.5. The molecule has 0 saturated carbocycles. The molecule has 0 spiro atoms. The zero-order valence-electron chi connectivity index (χ0n) is 12.7. The molecule has 4 nitrogen and oxygen atoms in total. The first-order valence-corrected chi connectivity index (χ1v) is 7.52. The summed E-state index contributed by atoms with van der Waals surface area (Å²) in [4.78, 5) is 0. The maximum absolute atomic E-state index is 10.1. The van der Waals surface area contributed by atoms with Gasteiger partial charge in [-0.3, -0.25) is 4.68 Å². The fourth-order valence-electron chi connectivity index (χ4n) is 2.32. The molecule has 114 valence electrons. The second kappa shape index (κ2) is 7.07. The monoisotopic (exact) mass is 307 g/mol. The molecule has 1 heterocycles. The van der Waals surface area contributed by atoms with E-state index in [9.17, 15) is 5.11 Å². The minimum absolute atomic E-state index is 0.393. The van der Waals surface area contributed by atoms with Gasteiger partial charge in [-0.1, -0.05) is 37.6 Å². The first-order chi connectivity index (χ1) is 9.97. The van der Waals surface area contributed by atoms with E-state index >= 15 is 0 Å². The summed E-state index contributed by atoms with van der Waals surface area (Å²) in [7, 11) is 1.93. The van der Waals surface area contributed by atoms with Crippen LogP contribution in [-0.4, -0.2) is 21.4 Å². The molecule has 5 heteroatoms. The van der Waals surface area contributed by atoms with Crippen LogP contribution in [0.2, 0.25) is 5.02 Å². The quantitative estimate of drug-likeness (QED) is 0.862. The topological polar surface area (TPSA) is 50.1 Å². The molecule has 0 aliphatic rings. The molecule has 21 heavy (non-hydrogen) atoms. The number of hydrogen-bond donors (Lipinski definition) is 2. The van der Waals surface area contributed by atoms with E-state index in [0.717, 1.165) is 11.3 Å². The molecule has 2 N–H and O–H groups in total. The first kappa shape index (κ1) is 16.0. The summed E-state index contributed by atoms with van der Waals surface area (Å²) in [6, 6.07) is 7.27. The van der Waals surface area contributed by atoms with Crippen LogP contribution in [0.3, 0.4) is 0 Å². The highest BCUT2D eigenvalue weighted by molar-refractivity contribution is 6.30. The van der Waals surface area contributed by atoms with Crippen molar-refractivity contribution in [2.45, 2.75) is 32.4 Å². The Hall–Kier alpha value is -1.36. The number of aromatic nitrogens is 2. The third-order valence-electron chi connectivity index (χ3n) is 3.39. The van der Waals surface area contributed by atoms with E-state index in [1.54, 1.807) is 12.1 Å². The van der Waals surface area contributed by atoms with Crippen LogP contribution in [0, 0.1) is 0 Å². The van der Waals surface area contributed by atoms with Crippen molar-refractivity contribution in [2.24, 2.45) is 7.05 Å². The fourth-order valence-corrected chi connectivity index (χ4v) is 2.45. The summed E-state index contributed by atoms with van der Waals surface area (Å²) in [6.07, 6.45) is 1.48. The molecule has 0 amide bonds. The Balaban J connectivity index is 1.91. The van der Waals surface area contributed by atoms with Gasteiger partial charge in [0, 0.05) is 36.9 Å². The van der Waals surface area contributed by atoms with Crippen molar-refractivity contribution in [1.29, 1.82) is 0 Å². The molecule has 0 bridgehead atoms. The van der Waals surface area contributed by atoms with Gasteiger partial charge >= 0.3 is 0 Å². The number of aliphatic hydroxyl groups is 1. The zero-order valence-corrected chi connectivity index (χ0v) is 13.4. The molecule has 0 radical (unpaired) electrons. The van der Waals surface area contributed by atoms with Crippen LogP contribution >= 0.6 is 11.6 Å². The average molecular weight is 308 g/mol. The maximum atomic E-state index is 10.1. The van der Waals surface area contributed by atoms with Gasteiger partial charge in [-0.25, -0.2) is 0 Å². The van der Waals surface area contributed by atoms with Gasteiger partial charge in [0.1, 0.15) is 0 Å². The summed E-state index contributed by atoms with van der Waals surface area (Å²) in [6.45, 7) is 5.46. The largest absolute Gasteiger partial charge is 0.387 e. The Bertz CT molecular complexity index is 578. The number of aliphatic hydroxyl groups excluding tert-OH is 1. The molecule has 1 unspecified atom stereocenters.